The highest BCUT2D eigenvalue weighted by molar-refractivity contribution is 7.99. The minimum Gasteiger partial charge on any atom is -0.342 e. The number of carbonyl (C=O) groups excluding carboxylic acids is 1. The second kappa shape index (κ2) is 8.37. The minimum absolute atomic E-state index is 0.0150. The van der Waals surface area contributed by atoms with E-state index in [0.717, 1.165) is 22.1 Å². The number of hydrogen-bond donors (Lipinski definition) is 1. The van der Waals surface area contributed by atoms with Gasteiger partial charge in [0.2, 0.25) is 5.91 Å². The van der Waals surface area contributed by atoms with Crippen LogP contribution < -0.4 is 5.32 Å². The third-order valence-corrected chi connectivity index (χ3v) is 4.74. The molecule has 130 valence electrons. The molecule has 0 fully saturated rings. The Balaban J connectivity index is 1.94. The number of para-hydroxylation sites is 1. The zero-order chi connectivity index (χ0) is 18.4. The molecule has 0 atom stereocenters. The molecule has 0 aliphatic heterocycles. The number of carbonyl (C=O) groups is 1. The molecule has 2 aromatic carbocycles. The van der Waals surface area contributed by atoms with E-state index in [1.165, 1.54) is 17.3 Å². The molecule has 1 heterocycles. The first-order chi connectivity index (χ1) is 12.7. The fourth-order valence-electron chi connectivity index (χ4n) is 2.51. The van der Waals surface area contributed by atoms with Crippen LogP contribution in [0.2, 0.25) is 0 Å². The molecular formula is C20H18N4OS. The number of nitrogens with one attached hydrogen (secondary N) is 1. The molecule has 0 spiro atoms. The predicted octanol–water partition coefficient (Wildman–Crippen LogP) is 3.58. The van der Waals surface area contributed by atoms with Crippen molar-refractivity contribution in [2.45, 2.75) is 12.1 Å². The van der Waals surface area contributed by atoms with Crippen molar-refractivity contribution in [1.82, 2.24) is 14.9 Å². The summed E-state index contributed by atoms with van der Waals surface area (Å²) in [6.07, 6.45) is 1.83. The number of rotatable bonds is 6. The van der Waals surface area contributed by atoms with E-state index in [1.54, 1.807) is 0 Å². The summed E-state index contributed by atoms with van der Waals surface area (Å²) in [4.78, 5) is 16.3. The number of benzene rings is 2. The molecular weight excluding hydrogens is 344 g/mol. The molecule has 0 saturated heterocycles. The lowest BCUT2D eigenvalue weighted by molar-refractivity contribution is -0.118. The molecule has 5 nitrogen and oxygen atoms in total. The Labute approximate surface area is 156 Å². The Morgan fingerprint density at radius 1 is 1.19 bits per heavy atom. The number of amides is 1. The van der Waals surface area contributed by atoms with Gasteiger partial charge in [0.25, 0.3) is 0 Å². The van der Waals surface area contributed by atoms with Gasteiger partial charge in [-0.05, 0) is 19.1 Å². The van der Waals surface area contributed by atoms with Crippen LogP contribution >= 0.6 is 11.8 Å². The second-order valence-corrected chi connectivity index (χ2v) is 6.63. The quantitative estimate of drug-likeness (QED) is 0.537. The number of thioether (sulfide) groups is 1. The topological polar surface area (TPSA) is 70.7 Å². The maximum absolute atomic E-state index is 11.8. The van der Waals surface area contributed by atoms with E-state index < -0.39 is 0 Å². The van der Waals surface area contributed by atoms with Crippen LogP contribution in [-0.4, -0.2) is 27.8 Å². The van der Waals surface area contributed by atoms with E-state index in [2.05, 4.69) is 41.5 Å². The fraction of sp³-hybridized carbons (Fsp3) is 0.150. The third kappa shape index (κ3) is 4.13. The highest BCUT2D eigenvalue weighted by atomic mass is 32.2. The first kappa shape index (κ1) is 17.8. The number of imidazole rings is 1. The van der Waals surface area contributed by atoms with Gasteiger partial charge in [-0.3, -0.25) is 9.36 Å². The van der Waals surface area contributed by atoms with Crippen LogP contribution in [0.15, 0.2) is 66.0 Å². The third-order valence-electron chi connectivity index (χ3n) is 3.79. The molecule has 0 unspecified atom stereocenters. The largest absolute Gasteiger partial charge is 0.342 e. The Hall–Kier alpha value is -3.04. The molecule has 3 aromatic rings. The average Bonchev–Trinajstić information content (AvgIpc) is 3.10. The summed E-state index contributed by atoms with van der Waals surface area (Å²) < 4.78 is 2.05. The lowest BCUT2D eigenvalue weighted by Crippen LogP contribution is -2.25. The SMILES string of the molecule is Cc1ccc(-c2cnc(SCC(=O)NCC#N)n2-c2ccccc2)cc1. The lowest BCUT2D eigenvalue weighted by atomic mass is 10.1. The van der Waals surface area contributed by atoms with E-state index in [0.29, 0.717) is 0 Å². The van der Waals surface area contributed by atoms with Crippen LogP contribution in [0, 0.1) is 18.3 Å². The molecule has 26 heavy (non-hydrogen) atoms. The van der Waals surface area contributed by atoms with Gasteiger partial charge in [-0.1, -0.05) is 59.8 Å². The second-order valence-electron chi connectivity index (χ2n) is 5.69. The van der Waals surface area contributed by atoms with Gasteiger partial charge in [0.05, 0.1) is 23.7 Å². The molecule has 1 N–H and O–H groups in total. The van der Waals surface area contributed by atoms with Crippen molar-refractivity contribution in [3.8, 4) is 23.0 Å². The van der Waals surface area contributed by atoms with Crippen LogP contribution in [0.3, 0.4) is 0 Å². The van der Waals surface area contributed by atoms with Gasteiger partial charge in [-0.25, -0.2) is 4.98 Å². The van der Waals surface area contributed by atoms with E-state index >= 15 is 0 Å². The number of aryl methyl sites for hydroxylation is 1. The maximum atomic E-state index is 11.8. The number of hydrogen-bond acceptors (Lipinski definition) is 4. The van der Waals surface area contributed by atoms with Gasteiger partial charge in [0.15, 0.2) is 5.16 Å². The van der Waals surface area contributed by atoms with E-state index in [4.69, 9.17) is 5.26 Å². The molecule has 1 amide bonds. The van der Waals surface area contributed by atoms with E-state index in [1.807, 2.05) is 47.2 Å². The number of aromatic nitrogens is 2. The average molecular weight is 362 g/mol. The molecule has 6 heteroatoms. The summed E-state index contributed by atoms with van der Waals surface area (Å²) in [7, 11) is 0. The van der Waals surface area contributed by atoms with Crippen molar-refractivity contribution < 1.29 is 4.79 Å². The van der Waals surface area contributed by atoms with Gasteiger partial charge in [-0.15, -0.1) is 0 Å². The number of nitriles is 1. The molecule has 0 saturated carbocycles. The van der Waals surface area contributed by atoms with Crippen LogP contribution in [0.25, 0.3) is 16.9 Å². The van der Waals surface area contributed by atoms with Gasteiger partial charge in [0, 0.05) is 11.3 Å². The van der Waals surface area contributed by atoms with Crippen molar-refractivity contribution >= 4 is 17.7 Å². The van der Waals surface area contributed by atoms with Crippen LogP contribution in [-0.2, 0) is 4.79 Å². The molecule has 0 aliphatic carbocycles. The minimum atomic E-state index is -0.184. The Kier molecular flexibility index (Phi) is 5.72. The summed E-state index contributed by atoms with van der Waals surface area (Å²) in [5.41, 5.74) is 4.22. The Morgan fingerprint density at radius 2 is 1.92 bits per heavy atom. The van der Waals surface area contributed by atoms with E-state index in [-0.39, 0.29) is 18.2 Å². The molecule has 0 bridgehead atoms. The van der Waals surface area contributed by atoms with Crippen molar-refractivity contribution in [2.24, 2.45) is 0 Å². The Bertz CT molecular complexity index is 927. The maximum Gasteiger partial charge on any atom is 0.231 e. The van der Waals surface area contributed by atoms with Crippen molar-refractivity contribution in [1.29, 1.82) is 5.26 Å². The summed E-state index contributed by atoms with van der Waals surface area (Å²) in [6.45, 7) is 2.07. The highest BCUT2D eigenvalue weighted by Crippen LogP contribution is 2.29. The zero-order valence-electron chi connectivity index (χ0n) is 14.3. The fourth-order valence-corrected chi connectivity index (χ4v) is 3.33. The first-order valence-corrected chi connectivity index (χ1v) is 9.14. The van der Waals surface area contributed by atoms with Crippen molar-refractivity contribution in [2.75, 3.05) is 12.3 Å². The Morgan fingerprint density at radius 3 is 2.62 bits per heavy atom. The zero-order valence-corrected chi connectivity index (χ0v) is 15.2. The first-order valence-electron chi connectivity index (χ1n) is 8.15. The summed E-state index contributed by atoms with van der Waals surface area (Å²) in [6, 6.07) is 20.1. The van der Waals surface area contributed by atoms with Gasteiger partial charge in [0.1, 0.15) is 6.54 Å². The van der Waals surface area contributed by atoms with Gasteiger partial charge in [-0.2, -0.15) is 5.26 Å². The normalized spacial score (nSPS) is 10.3. The summed E-state index contributed by atoms with van der Waals surface area (Å²) in [5, 5.41) is 11.8. The number of nitrogens with zero attached hydrogens (tertiary/aromatic N) is 3. The molecule has 3 rings (SSSR count). The van der Waals surface area contributed by atoms with Crippen molar-refractivity contribution in [3.05, 3.63) is 66.4 Å². The molecule has 0 radical (unpaired) electrons. The molecule has 0 aliphatic rings. The smallest absolute Gasteiger partial charge is 0.231 e. The van der Waals surface area contributed by atoms with Crippen LogP contribution in [0.1, 0.15) is 5.56 Å². The summed E-state index contributed by atoms with van der Waals surface area (Å²) in [5.74, 6) is 0.0230. The summed E-state index contributed by atoms with van der Waals surface area (Å²) >= 11 is 1.35. The van der Waals surface area contributed by atoms with E-state index in [9.17, 15) is 4.79 Å². The van der Waals surface area contributed by atoms with Crippen LogP contribution in [0.5, 0.6) is 0 Å². The standard InChI is InChI=1S/C20H18N4OS/c1-15-7-9-16(10-8-15)18-13-23-20(26-14-19(25)22-12-11-21)24(18)17-5-3-2-4-6-17/h2-10,13H,12,14H2,1H3,(H,22,25). The van der Waals surface area contributed by atoms with Crippen molar-refractivity contribution in [3.63, 3.8) is 0 Å². The van der Waals surface area contributed by atoms with Crippen LogP contribution in [0.4, 0.5) is 0 Å². The lowest BCUT2D eigenvalue weighted by Gasteiger charge is -2.12. The van der Waals surface area contributed by atoms with Gasteiger partial charge < -0.3 is 5.32 Å². The monoisotopic (exact) mass is 362 g/mol. The molecule has 1 aromatic heterocycles. The predicted molar refractivity (Wildman–Crippen MR) is 103 cm³/mol. The van der Waals surface area contributed by atoms with Gasteiger partial charge >= 0.3 is 0 Å². The highest BCUT2D eigenvalue weighted by Gasteiger charge is 2.15.